The highest BCUT2D eigenvalue weighted by atomic mass is 16.1. The zero-order valence-corrected chi connectivity index (χ0v) is 11.2. The van der Waals surface area contributed by atoms with Crippen molar-refractivity contribution in [2.75, 3.05) is 0 Å². The van der Waals surface area contributed by atoms with Gasteiger partial charge in [-0.15, -0.1) is 0 Å². The number of benzene rings is 1. The maximum Gasteiger partial charge on any atom is 0.251 e. The number of hydrogen-bond acceptors (Lipinski definition) is 2. The normalized spacial score (nSPS) is 16.8. The summed E-state index contributed by atoms with van der Waals surface area (Å²) in [5.41, 5.74) is 7.41. The molecule has 0 bridgehead atoms. The summed E-state index contributed by atoms with van der Waals surface area (Å²) < 4.78 is 0. The molecule has 1 aromatic carbocycles. The monoisotopic (exact) mass is 246 g/mol. The van der Waals surface area contributed by atoms with Crippen LogP contribution in [-0.4, -0.2) is 11.9 Å². The standard InChI is InChI=1S/C15H22N2O/c1-15(2,16)12-9-7-11(8-10-12)14(18)17-13-5-3-4-6-13/h7-10,13H,3-6,16H2,1-2H3,(H,17,18). The average Bonchev–Trinajstić information content (AvgIpc) is 2.81. The Labute approximate surface area is 109 Å². The molecule has 2 rings (SSSR count). The van der Waals surface area contributed by atoms with E-state index in [4.69, 9.17) is 5.73 Å². The molecule has 18 heavy (non-hydrogen) atoms. The van der Waals surface area contributed by atoms with Gasteiger partial charge in [0.2, 0.25) is 0 Å². The van der Waals surface area contributed by atoms with Crippen molar-refractivity contribution in [2.24, 2.45) is 5.73 Å². The summed E-state index contributed by atoms with van der Waals surface area (Å²) >= 11 is 0. The summed E-state index contributed by atoms with van der Waals surface area (Å²) in [6.07, 6.45) is 4.68. The molecule has 1 aliphatic rings. The lowest BCUT2D eigenvalue weighted by Crippen LogP contribution is -2.33. The van der Waals surface area contributed by atoms with Crippen molar-refractivity contribution in [3.05, 3.63) is 35.4 Å². The van der Waals surface area contributed by atoms with Gasteiger partial charge < -0.3 is 11.1 Å². The molecular formula is C15H22N2O. The van der Waals surface area contributed by atoms with Gasteiger partial charge in [-0.1, -0.05) is 25.0 Å². The molecule has 1 saturated carbocycles. The Balaban J connectivity index is 2.02. The van der Waals surface area contributed by atoms with Crippen molar-refractivity contribution in [2.45, 2.75) is 51.1 Å². The molecule has 98 valence electrons. The van der Waals surface area contributed by atoms with Gasteiger partial charge in [-0.3, -0.25) is 4.79 Å². The molecule has 0 spiro atoms. The van der Waals surface area contributed by atoms with Gasteiger partial charge in [-0.2, -0.15) is 0 Å². The van der Waals surface area contributed by atoms with Gasteiger partial charge in [0.15, 0.2) is 0 Å². The van der Waals surface area contributed by atoms with E-state index in [2.05, 4.69) is 5.32 Å². The number of nitrogens with two attached hydrogens (primary N) is 1. The van der Waals surface area contributed by atoms with Crippen LogP contribution in [0.5, 0.6) is 0 Å². The number of carbonyl (C=O) groups is 1. The van der Waals surface area contributed by atoms with E-state index in [0.29, 0.717) is 6.04 Å². The van der Waals surface area contributed by atoms with Crippen LogP contribution in [0.4, 0.5) is 0 Å². The average molecular weight is 246 g/mol. The Morgan fingerprint density at radius 2 is 1.78 bits per heavy atom. The first kappa shape index (κ1) is 13.1. The van der Waals surface area contributed by atoms with E-state index in [-0.39, 0.29) is 11.4 Å². The Morgan fingerprint density at radius 3 is 2.28 bits per heavy atom. The summed E-state index contributed by atoms with van der Waals surface area (Å²) in [5, 5.41) is 3.08. The molecule has 0 atom stereocenters. The fourth-order valence-corrected chi connectivity index (χ4v) is 2.39. The van der Waals surface area contributed by atoms with E-state index in [1.807, 2.05) is 38.1 Å². The molecule has 0 saturated heterocycles. The predicted molar refractivity (Wildman–Crippen MR) is 73.4 cm³/mol. The van der Waals surface area contributed by atoms with Crippen molar-refractivity contribution < 1.29 is 4.79 Å². The molecule has 0 aliphatic heterocycles. The molecule has 0 aromatic heterocycles. The van der Waals surface area contributed by atoms with Gasteiger partial charge in [-0.05, 0) is 44.4 Å². The second-order valence-electron chi connectivity index (χ2n) is 5.75. The number of nitrogens with one attached hydrogen (secondary N) is 1. The van der Waals surface area contributed by atoms with Gasteiger partial charge in [0.25, 0.3) is 5.91 Å². The fraction of sp³-hybridized carbons (Fsp3) is 0.533. The SMILES string of the molecule is CC(C)(N)c1ccc(C(=O)NC2CCCC2)cc1. The maximum atomic E-state index is 12.0. The number of amides is 1. The first-order valence-electron chi connectivity index (χ1n) is 6.67. The minimum absolute atomic E-state index is 0.0308. The molecule has 1 aliphatic carbocycles. The number of carbonyl (C=O) groups excluding carboxylic acids is 1. The molecule has 0 heterocycles. The lowest BCUT2D eigenvalue weighted by molar-refractivity contribution is 0.0938. The summed E-state index contributed by atoms with van der Waals surface area (Å²) in [7, 11) is 0. The van der Waals surface area contributed by atoms with E-state index < -0.39 is 0 Å². The highest BCUT2D eigenvalue weighted by Gasteiger charge is 2.19. The smallest absolute Gasteiger partial charge is 0.251 e. The molecule has 3 nitrogen and oxygen atoms in total. The Morgan fingerprint density at radius 1 is 1.22 bits per heavy atom. The van der Waals surface area contributed by atoms with Crippen molar-refractivity contribution in [3.8, 4) is 0 Å². The van der Waals surface area contributed by atoms with Gasteiger partial charge in [-0.25, -0.2) is 0 Å². The second-order valence-corrected chi connectivity index (χ2v) is 5.75. The Hall–Kier alpha value is -1.35. The van der Waals surface area contributed by atoms with Gasteiger partial charge in [0, 0.05) is 17.1 Å². The summed E-state index contributed by atoms with van der Waals surface area (Å²) in [6.45, 7) is 3.92. The topological polar surface area (TPSA) is 55.1 Å². The van der Waals surface area contributed by atoms with E-state index >= 15 is 0 Å². The largest absolute Gasteiger partial charge is 0.349 e. The highest BCUT2D eigenvalue weighted by Crippen LogP contribution is 2.19. The Kier molecular flexibility index (Phi) is 3.71. The van der Waals surface area contributed by atoms with Crippen LogP contribution in [-0.2, 0) is 5.54 Å². The van der Waals surface area contributed by atoms with Crippen molar-refractivity contribution in [3.63, 3.8) is 0 Å². The minimum atomic E-state index is -0.361. The van der Waals surface area contributed by atoms with Gasteiger partial charge in [0.1, 0.15) is 0 Å². The van der Waals surface area contributed by atoms with E-state index in [9.17, 15) is 4.79 Å². The van der Waals surface area contributed by atoms with E-state index in [1.54, 1.807) is 0 Å². The molecule has 3 heteroatoms. The zero-order chi connectivity index (χ0) is 13.2. The van der Waals surface area contributed by atoms with E-state index in [1.165, 1.54) is 12.8 Å². The molecule has 1 fully saturated rings. The summed E-state index contributed by atoms with van der Waals surface area (Å²) in [6, 6.07) is 7.94. The molecule has 0 unspecified atom stereocenters. The minimum Gasteiger partial charge on any atom is -0.349 e. The maximum absolute atomic E-state index is 12.0. The van der Waals surface area contributed by atoms with Crippen molar-refractivity contribution in [1.29, 1.82) is 0 Å². The molecule has 0 radical (unpaired) electrons. The lowest BCUT2D eigenvalue weighted by atomic mass is 9.95. The number of rotatable bonds is 3. The molecular weight excluding hydrogens is 224 g/mol. The van der Waals surface area contributed by atoms with Crippen LogP contribution >= 0.6 is 0 Å². The van der Waals surface area contributed by atoms with Crippen LogP contribution in [0.15, 0.2) is 24.3 Å². The summed E-state index contributed by atoms with van der Waals surface area (Å²) in [5.74, 6) is 0.0308. The zero-order valence-electron chi connectivity index (χ0n) is 11.2. The quantitative estimate of drug-likeness (QED) is 0.861. The molecule has 1 amide bonds. The van der Waals surface area contributed by atoms with Crippen LogP contribution in [0.3, 0.4) is 0 Å². The predicted octanol–water partition coefficient (Wildman–Crippen LogP) is 2.55. The van der Waals surface area contributed by atoms with Crippen LogP contribution in [0.2, 0.25) is 0 Å². The van der Waals surface area contributed by atoms with Crippen LogP contribution in [0, 0.1) is 0 Å². The van der Waals surface area contributed by atoms with E-state index in [0.717, 1.165) is 24.0 Å². The third kappa shape index (κ3) is 3.10. The molecule has 3 N–H and O–H groups in total. The van der Waals surface area contributed by atoms with Crippen molar-refractivity contribution in [1.82, 2.24) is 5.32 Å². The van der Waals surface area contributed by atoms with Gasteiger partial charge in [0.05, 0.1) is 0 Å². The first-order chi connectivity index (χ1) is 8.47. The lowest BCUT2D eigenvalue weighted by Gasteiger charge is -2.19. The van der Waals surface area contributed by atoms with Crippen LogP contribution in [0.1, 0.15) is 55.5 Å². The highest BCUT2D eigenvalue weighted by molar-refractivity contribution is 5.94. The molecule has 1 aromatic rings. The number of hydrogen-bond donors (Lipinski definition) is 2. The second kappa shape index (κ2) is 5.11. The van der Waals surface area contributed by atoms with Crippen LogP contribution in [0.25, 0.3) is 0 Å². The third-order valence-corrected chi connectivity index (χ3v) is 3.58. The van der Waals surface area contributed by atoms with Crippen LogP contribution < -0.4 is 11.1 Å². The Bertz CT molecular complexity index is 411. The van der Waals surface area contributed by atoms with Gasteiger partial charge >= 0.3 is 0 Å². The first-order valence-corrected chi connectivity index (χ1v) is 6.67. The fourth-order valence-electron chi connectivity index (χ4n) is 2.39. The third-order valence-electron chi connectivity index (χ3n) is 3.58. The summed E-state index contributed by atoms with van der Waals surface area (Å²) in [4.78, 5) is 12.0. The van der Waals surface area contributed by atoms with Crippen molar-refractivity contribution >= 4 is 5.91 Å².